The maximum Gasteiger partial charge on any atom is 0.161 e. The summed E-state index contributed by atoms with van der Waals surface area (Å²) >= 11 is 13.3. The van der Waals surface area contributed by atoms with Crippen LogP contribution in [0.1, 0.15) is 0 Å². The molecule has 0 spiro atoms. The average Bonchev–Trinajstić information content (AvgIpc) is 2.76. The fourth-order valence-corrected chi connectivity index (χ4v) is 3.32. The first-order valence-corrected chi connectivity index (χ1v) is 7.10. The van der Waals surface area contributed by atoms with Gasteiger partial charge in [-0.2, -0.15) is 0 Å². The van der Waals surface area contributed by atoms with Crippen molar-refractivity contribution in [3.8, 4) is 0 Å². The number of amidine groups is 1. The molecule has 1 aromatic rings. The topological polar surface area (TPSA) is 24.4 Å². The van der Waals surface area contributed by atoms with Gasteiger partial charge in [0.05, 0.1) is 0 Å². The average molecular weight is 293 g/mol. The molecule has 0 amide bonds. The van der Waals surface area contributed by atoms with Crippen LogP contribution < -0.4 is 5.32 Å². The van der Waals surface area contributed by atoms with Crippen molar-refractivity contribution in [3.63, 3.8) is 0 Å². The van der Waals surface area contributed by atoms with Gasteiger partial charge in [-0.3, -0.25) is 4.99 Å². The van der Waals surface area contributed by atoms with E-state index in [1.54, 1.807) is 23.9 Å². The van der Waals surface area contributed by atoms with Gasteiger partial charge in [0.2, 0.25) is 0 Å². The van der Waals surface area contributed by atoms with E-state index >= 15 is 0 Å². The number of rotatable bonds is 3. The van der Waals surface area contributed by atoms with Crippen molar-refractivity contribution >= 4 is 45.8 Å². The molecule has 1 aromatic carbocycles. The largest absolute Gasteiger partial charge is 0.335 e. The smallest absolute Gasteiger partial charge is 0.161 e. The van der Waals surface area contributed by atoms with Crippen molar-refractivity contribution < 1.29 is 4.39 Å². The van der Waals surface area contributed by atoms with E-state index in [0.29, 0.717) is 11.8 Å². The highest BCUT2D eigenvalue weighted by Gasteiger charge is 2.34. The lowest BCUT2D eigenvalue weighted by Crippen LogP contribution is -2.31. The first kappa shape index (κ1) is 13.0. The van der Waals surface area contributed by atoms with Crippen molar-refractivity contribution in [2.75, 3.05) is 22.8 Å². The van der Waals surface area contributed by atoms with Gasteiger partial charge in [0.1, 0.15) is 11.4 Å². The first-order valence-electron chi connectivity index (χ1n) is 5.05. The van der Waals surface area contributed by atoms with Gasteiger partial charge in [0.15, 0.2) is 5.17 Å². The van der Waals surface area contributed by atoms with Crippen molar-refractivity contribution in [1.82, 2.24) is 0 Å². The Labute approximate surface area is 114 Å². The number of hydrogen-bond donors (Lipinski definition) is 1. The fraction of sp³-hybridized carbons (Fsp3) is 0.364. The zero-order valence-electron chi connectivity index (χ0n) is 8.92. The molecule has 0 fully saturated rings. The highest BCUT2D eigenvalue weighted by atomic mass is 35.5. The minimum Gasteiger partial charge on any atom is -0.335 e. The Kier molecular flexibility index (Phi) is 4.17. The van der Waals surface area contributed by atoms with Gasteiger partial charge in [0, 0.05) is 23.2 Å². The van der Waals surface area contributed by atoms with Crippen LogP contribution >= 0.6 is 35.0 Å². The second-order valence-electron chi connectivity index (χ2n) is 3.83. The van der Waals surface area contributed by atoms with Crippen LogP contribution in [0.3, 0.4) is 0 Å². The Hall–Kier alpha value is -0.450. The number of benzene rings is 1. The summed E-state index contributed by atoms with van der Waals surface area (Å²) in [6.07, 6.45) is 0. The van der Waals surface area contributed by atoms with Gasteiger partial charge in [-0.15, -0.1) is 23.2 Å². The van der Waals surface area contributed by atoms with Gasteiger partial charge in [0.25, 0.3) is 0 Å². The van der Waals surface area contributed by atoms with Gasteiger partial charge < -0.3 is 5.32 Å². The maximum atomic E-state index is 12.7. The van der Waals surface area contributed by atoms with E-state index in [0.717, 1.165) is 16.6 Å². The molecule has 0 aliphatic carbocycles. The summed E-state index contributed by atoms with van der Waals surface area (Å²) < 4.78 is 12.7. The fourth-order valence-electron chi connectivity index (χ4n) is 1.38. The second-order valence-corrected chi connectivity index (χ2v) is 5.33. The van der Waals surface area contributed by atoms with Gasteiger partial charge >= 0.3 is 0 Å². The van der Waals surface area contributed by atoms with Crippen LogP contribution in [0, 0.1) is 5.82 Å². The summed E-state index contributed by atoms with van der Waals surface area (Å²) in [5.41, 5.74) is 0.425. The third-order valence-corrected chi connectivity index (χ3v) is 4.55. The molecule has 0 radical (unpaired) electrons. The van der Waals surface area contributed by atoms with Crippen LogP contribution in [-0.2, 0) is 0 Å². The SMILES string of the molecule is Fc1ccc(NC2=NC(CCl)(CCl)CS2)cc1. The summed E-state index contributed by atoms with van der Waals surface area (Å²) in [4.78, 5) is 4.49. The van der Waals surface area contributed by atoms with Crippen LogP contribution in [0.15, 0.2) is 29.3 Å². The van der Waals surface area contributed by atoms with Crippen LogP contribution in [0.5, 0.6) is 0 Å². The van der Waals surface area contributed by atoms with Gasteiger partial charge in [-0.25, -0.2) is 4.39 Å². The number of nitrogens with zero attached hydrogens (tertiary/aromatic N) is 1. The quantitative estimate of drug-likeness (QED) is 0.862. The van der Waals surface area contributed by atoms with E-state index in [4.69, 9.17) is 23.2 Å². The third-order valence-electron chi connectivity index (χ3n) is 2.41. The molecule has 0 atom stereocenters. The highest BCUT2D eigenvalue weighted by Crippen LogP contribution is 2.30. The lowest BCUT2D eigenvalue weighted by Gasteiger charge is -2.17. The number of thioether (sulfide) groups is 1. The predicted molar refractivity (Wildman–Crippen MR) is 74.1 cm³/mol. The zero-order valence-corrected chi connectivity index (χ0v) is 11.2. The molecule has 1 aliphatic rings. The van der Waals surface area contributed by atoms with E-state index in [9.17, 15) is 4.39 Å². The van der Waals surface area contributed by atoms with Crippen molar-refractivity contribution in [1.29, 1.82) is 0 Å². The van der Waals surface area contributed by atoms with E-state index in [-0.39, 0.29) is 11.4 Å². The van der Waals surface area contributed by atoms with Crippen LogP contribution in [0.25, 0.3) is 0 Å². The van der Waals surface area contributed by atoms with E-state index < -0.39 is 0 Å². The van der Waals surface area contributed by atoms with Crippen molar-refractivity contribution in [3.05, 3.63) is 30.1 Å². The molecule has 1 heterocycles. The Morgan fingerprint density at radius 2 is 1.94 bits per heavy atom. The molecule has 0 saturated carbocycles. The summed E-state index contributed by atoms with van der Waals surface area (Å²) in [5.74, 6) is 1.31. The van der Waals surface area contributed by atoms with Crippen molar-refractivity contribution in [2.45, 2.75) is 5.54 Å². The van der Waals surface area contributed by atoms with Crippen LogP contribution in [-0.4, -0.2) is 28.2 Å². The maximum absolute atomic E-state index is 12.7. The monoisotopic (exact) mass is 292 g/mol. The van der Waals surface area contributed by atoms with E-state index in [1.807, 2.05) is 0 Å². The molecule has 0 saturated heterocycles. The van der Waals surface area contributed by atoms with Crippen molar-refractivity contribution in [2.24, 2.45) is 4.99 Å². The Balaban J connectivity index is 2.08. The molecular formula is C11H11Cl2FN2S. The summed E-state index contributed by atoms with van der Waals surface area (Å²) in [6, 6.07) is 6.14. The minimum atomic E-state index is -0.379. The number of nitrogens with one attached hydrogen (secondary N) is 1. The number of aliphatic imine (C=N–C) groups is 1. The molecule has 1 aliphatic heterocycles. The highest BCUT2D eigenvalue weighted by molar-refractivity contribution is 8.14. The molecule has 0 aromatic heterocycles. The molecule has 2 rings (SSSR count). The number of alkyl halides is 2. The third kappa shape index (κ3) is 3.06. The molecule has 2 nitrogen and oxygen atoms in total. The summed E-state index contributed by atoms with van der Waals surface area (Å²) in [5, 5.41) is 3.90. The lowest BCUT2D eigenvalue weighted by molar-refractivity contribution is 0.619. The molecule has 6 heteroatoms. The number of halogens is 3. The lowest BCUT2D eigenvalue weighted by atomic mass is 10.1. The Bertz CT molecular complexity index is 418. The summed E-state index contributed by atoms with van der Waals surface area (Å²) in [6.45, 7) is 0. The standard InChI is InChI=1S/C11H11Cl2FN2S/c12-5-11(6-13)7-17-10(16-11)15-9-3-1-8(14)2-4-9/h1-4H,5-7H2,(H,15,16). The summed E-state index contributed by atoms with van der Waals surface area (Å²) in [7, 11) is 0. The first-order chi connectivity index (χ1) is 8.17. The molecule has 0 bridgehead atoms. The predicted octanol–water partition coefficient (Wildman–Crippen LogP) is 3.56. The minimum absolute atomic E-state index is 0.257. The number of hydrogen-bond acceptors (Lipinski definition) is 3. The molecule has 17 heavy (non-hydrogen) atoms. The van der Waals surface area contributed by atoms with Crippen LogP contribution in [0.2, 0.25) is 0 Å². The number of anilines is 1. The molecule has 1 N–H and O–H groups in total. The molecular weight excluding hydrogens is 282 g/mol. The molecule has 0 unspecified atom stereocenters. The Morgan fingerprint density at radius 3 is 2.47 bits per heavy atom. The Morgan fingerprint density at radius 1 is 1.29 bits per heavy atom. The van der Waals surface area contributed by atoms with E-state index in [1.165, 1.54) is 12.1 Å². The molecule has 92 valence electrons. The zero-order chi connectivity index (χ0) is 12.3. The van der Waals surface area contributed by atoms with Gasteiger partial charge in [-0.05, 0) is 24.3 Å². The normalized spacial score (nSPS) is 17.9. The van der Waals surface area contributed by atoms with Gasteiger partial charge in [-0.1, -0.05) is 11.8 Å². The van der Waals surface area contributed by atoms with E-state index in [2.05, 4.69) is 10.3 Å². The van der Waals surface area contributed by atoms with Crippen LogP contribution in [0.4, 0.5) is 10.1 Å². The second kappa shape index (κ2) is 5.46.